The molecule has 0 aliphatic rings. The van der Waals surface area contributed by atoms with Crippen LogP contribution in [0.15, 0.2) is 18.5 Å². The van der Waals surface area contributed by atoms with Crippen LogP contribution >= 0.6 is 0 Å². The molecule has 1 aromatic rings. The van der Waals surface area contributed by atoms with Gasteiger partial charge in [-0.3, -0.25) is 4.98 Å². The minimum absolute atomic E-state index is 0.0545. The number of methoxy groups -OCH3 is 1. The maximum atomic E-state index is 11.8. The molecule has 8 nitrogen and oxygen atoms in total. The Hall–Kier alpha value is -2.64. The molecule has 0 spiro atoms. The zero-order chi connectivity index (χ0) is 16.0. The van der Waals surface area contributed by atoms with Gasteiger partial charge >= 0.3 is 18.0 Å². The molecule has 0 fully saturated rings. The van der Waals surface area contributed by atoms with E-state index >= 15 is 0 Å². The van der Waals surface area contributed by atoms with Gasteiger partial charge in [-0.25, -0.2) is 14.4 Å². The van der Waals surface area contributed by atoms with Crippen LogP contribution in [0.2, 0.25) is 0 Å². The Bertz CT molecular complexity index is 544. The van der Waals surface area contributed by atoms with Crippen molar-refractivity contribution in [2.75, 3.05) is 12.4 Å². The quantitative estimate of drug-likeness (QED) is 0.700. The van der Waals surface area contributed by atoms with Crippen LogP contribution in [-0.4, -0.2) is 41.2 Å². The number of hydrogen-bond donors (Lipinski definition) is 3. The van der Waals surface area contributed by atoms with Crippen LogP contribution in [0.25, 0.3) is 0 Å². The van der Waals surface area contributed by atoms with Gasteiger partial charge in [0.2, 0.25) is 0 Å². The number of esters is 1. The topological polar surface area (TPSA) is 118 Å². The molecule has 0 bridgehead atoms. The van der Waals surface area contributed by atoms with E-state index in [1.54, 1.807) is 13.8 Å². The number of pyridine rings is 1. The number of rotatable bonds is 5. The van der Waals surface area contributed by atoms with E-state index in [9.17, 15) is 14.4 Å². The molecule has 2 amide bonds. The molecule has 1 unspecified atom stereocenters. The minimum Gasteiger partial charge on any atom is -0.478 e. The van der Waals surface area contributed by atoms with Gasteiger partial charge in [0.15, 0.2) is 0 Å². The Balaban J connectivity index is 2.74. The normalized spacial score (nSPS) is 11.6. The van der Waals surface area contributed by atoms with Crippen molar-refractivity contribution >= 4 is 23.7 Å². The Kier molecular flexibility index (Phi) is 5.65. The Morgan fingerprint density at radius 3 is 2.48 bits per heavy atom. The van der Waals surface area contributed by atoms with Crippen LogP contribution in [-0.2, 0) is 9.53 Å². The molecule has 114 valence electrons. The molecule has 1 aromatic heterocycles. The maximum absolute atomic E-state index is 11.8. The smallest absolute Gasteiger partial charge is 0.337 e. The molecule has 3 N–H and O–H groups in total. The highest BCUT2D eigenvalue weighted by atomic mass is 16.5. The van der Waals surface area contributed by atoms with E-state index < -0.39 is 24.0 Å². The van der Waals surface area contributed by atoms with E-state index in [1.807, 2.05) is 0 Å². The van der Waals surface area contributed by atoms with Gasteiger partial charge in [0.25, 0.3) is 0 Å². The number of nitrogens with one attached hydrogen (secondary N) is 2. The van der Waals surface area contributed by atoms with Crippen LogP contribution in [0.5, 0.6) is 0 Å². The van der Waals surface area contributed by atoms with Crippen molar-refractivity contribution in [3.8, 4) is 0 Å². The lowest BCUT2D eigenvalue weighted by molar-refractivity contribution is -0.143. The van der Waals surface area contributed by atoms with Crippen LogP contribution in [0, 0.1) is 5.92 Å². The summed E-state index contributed by atoms with van der Waals surface area (Å²) < 4.78 is 4.60. The van der Waals surface area contributed by atoms with E-state index in [4.69, 9.17) is 5.11 Å². The highest BCUT2D eigenvalue weighted by molar-refractivity contribution is 5.94. The summed E-state index contributed by atoms with van der Waals surface area (Å²) in [6.07, 6.45) is 2.46. The number of carboxylic acids is 1. The Morgan fingerprint density at radius 1 is 1.29 bits per heavy atom. The predicted molar refractivity (Wildman–Crippen MR) is 74.0 cm³/mol. The van der Waals surface area contributed by atoms with Gasteiger partial charge in [-0.15, -0.1) is 0 Å². The van der Waals surface area contributed by atoms with Crippen molar-refractivity contribution in [2.45, 2.75) is 19.9 Å². The molecule has 0 aliphatic heterocycles. The molecular weight excluding hydrogens is 278 g/mol. The van der Waals surface area contributed by atoms with Crippen LogP contribution in [0.3, 0.4) is 0 Å². The van der Waals surface area contributed by atoms with Crippen molar-refractivity contribution in [1.82, 2.24) is 10.3 Å². The predicted octanol–water partition coefficient (Wildman–Crippen LogP) is 1.10. The average molecular weight is 295 g/mol. The third-order valence-electron chi connectivity index (χ3n) is 2.65. The highest BCUT2D eigenvalue weighted by Crippen LogP contribution is 2.09. The van der Waals surface area contributed by atoms with Crippen molar-refractivity contribution in [1.29, 1.82) is 0 Å². The first kappa shape index (κ1) is 16.4. The largest absolute Gasteiger partial charge is 0.478 e. The van der Waals surface area contributed by atoms with Crippen molar-refractivity contribution in [3.63, 3.8) is 0 Å². The Labute approximate surface area is 121 Å². The number of nitrogens with zero attached hydrogens (tertiary/aromatic N) is 1. The molecule has 21 heavy (non-hydrogen) atoms. The number of carbonyl (C=O) groups excluding carboxylic acids is 2. The van der Waals surface area contributed by atoms with Gasteiger partial charge in [0.05, 0.1) is 24.6 Å². The first-order chi connectivity index (χ1) is 9.85. The number of aromatic carboxylic acids is 1. The van der Waals surface area contributed by atoms with E-state index in [1.165, 1.54) is 19.4 Å². The number of urea groups is 1. The first-order valence-corrected chi connectivity index (χ1v) is 6.18. The summed E-state index contributed by atoms with van der Waals surface area (Å²) >= 11 is 0. The lowest BCUT2D eigenvalue weighted by Gasteiger charge is -2.20. The third kappa shape index (κ3) is 4.75. The van der Waals surface area contributed by atoms with E-state index in [0.29, 0.717) is 0 Å². The second kappa shape index (κ2) is 7.22. The zero-order valence-electron chi connectivity index (χ0n) is 11.9. The van der Waals surface area contributed by atoms with Crippen molar-refractivity contribution in [3.05, 3.63) is 24.0 Å². The number of hydrogen-bond acceptors (Lipinski definition) is 5. The van der Waals surface area contributed by atoms with Gasteiger partial charge in [-0.1, -0.05) is 13.8 Å². The minimum atomic E-state index is -1.15. The number of carboxylic acid groups (broad SMARTS) is 1. The van der Waals surface area contributed by atoms with Crippen LogP contribution in [0.1, 0.15) is 24.2 Å². The van der Waals surface area contributed by atoms with E-state index in [0.717, 1.165) is 6.20 Å². The average Bonchev–Trinajstić information content (AvgIpc) is 2.43. The molecule has 0 saturated heterocycles. The fraction of sp³-hybridized carbons (Fsp3) is 0.385. The van der Waals surface area contributed by atoms with Gasteiger partial charge in [0.1, 0.15) is 6.04 Å². The van der Waals surface area contributed by atoms with Gasteiger partial charge in [-0.05, 0) is 12.0 Å². The van der Waals surface area contributed by atoms with Gasteiger partial charge < -0.3 is 20.5 Å². The molecule has 1 rings (SSSR count). The molecule has 0 radical (unpaired) electrons. The van der Waals surface area contributed by atoms with Crippen LogP contribution in [0.4, 0.5) is 10.5 Å². The lowest BCUT2D eigenvalue weighted by Crippen LogP contribution is -2.46. The van der Waals surface area contributed by atoms with Gasteiger partial charge in [0, 0.05) is 6.20 Å². The summed E-state index contributed by atoms with van der Waals surface area (Å²) in [4.78, 5) is 37.9. The fourth-order valence-corrected chi connectivity index (χ4v) is 1.56. The van der Waals surface area contributed by atoms with Crippen molar-refractivity contribution < 1.29 is 24.2 Å². The lowest BCUT2D eigenvalue weighted by atomic mass is 10.1. The first-order valence-electron chi connectivity index (χ1n) is 6.18. The zero-order valence-corrected chi connectivity index (χ0v) is 11.9. The molecule has 0 aliphatic carbocycles. The number of carbonyl (C=O) groups is 3. The molecular formula is C13H17N3O5. The fourth-order valence-electron chi connectivity index (χ4n) is 1.56. The van der Waals surface area contributed by atoms with Crippen molar-refractivity contribution in [2.24, 2.45) is 5.92 Å². The summed E-state index contributed by atoms with van der Waals surface area (Å²) in [5, 5.41) is 13.7. The van der Waals surface area contributed by atoms with Crippen LogP contribution < -0.4 is 10.6 Å². The molecule has 0 saturated carbocycles. The summed E-state index contributed by atoms with van der Waals surface area (Å²) in [5.41, 5.74) is 0.154. The maximum Gasteiger partial charge on any atom is 0.337 e. The number of anilines is 1. The second-order valence-corrected chi connectivity index (χ2v) is 4.61. The number of ether oxygens (including phenoxy) is 1. The molecule has 1 atom stereocenters. The molecule has 1 heterocycles. The van der Waals surface area contributed by atoms with Gasteiger partial charge in [-0.2, -0.15) is 0 Å². The summed E-state index contributed by atoms with van der Waals surface area (Å²) in [6.45, 7) is 3.52. The third-order valence-corrected chi connectivity index (χ3v) is 2.65. The molecule has 8 heteroatoms. The number of amides is 2. The SMILES string of the molecule is COC(=O)C(NC(=O)Nc1cncc(C(=O)O)c1)C(C)C. The highest BCUT2D eigenvalue weighted by Gasteiger charge is 2.24. The summed E-state index contributed by atoms with van der Waals surface area (Å²) in [5.74, 6) is -1.87. The standard InChI is InChI=1S/C13H17N3O5/c1-7(2)10(12(19)21-3)16-13(20)15-9-4-8(11(17)18)5-14-6-9/h4-7,10H,1-3H3,(H,17,18)(H2,15,16,20). The Morgan fingerprint density at radius 2 is 1.95 bits per heavy atom. The summed E-state index contributed by atoms with van der Waals surface area (Å²) in [7, 11) is 1.23. The monoisotopic (exact) mass is 295 g/mol. The van der Waals surface area contributed by atoms with E-state index in [2.05, 4.69) is 20.4 Å². The second-order valence-electron chi connectivity index (χ2n) is 4.61. The summed E-state index contributed by atoms with van der Waals surface area (Å²) in [6, 6.07) is -0.189. The van der Waals surface area contributed by atoms with E-state index in [-0.39, 0.29) is 17.2 Å². The number of aromatic nitrogens is 1. The molecule has 0 aromatic carbocycles.